The van der Waals surface area contributed by atoms with Crippen LogP contribution in [0.4, 0.5) is 5.69 Å². The first-order chi connectivity index (χ1) is 8.16. The molecule has 0 saturated carbocycles. The van der Waals surface area contributed by atoms with E-state index in [-0.39, 0.29) is 10.3 Å². The smallest absolute Gasteiger partial charge is 0.242 e. The molecule has 0 aliphatic carbocycles. The maximum atomic E-state index is 12.3. The Bertz CT molecular complexity index is 489. The van der Waals surface area contributed by atoms with Gasteiger partial charge in [-0.1, -0.05) is 20.8 Å². The lowest BCUT2D eigenvalue weighted by atomic mass is 9.97. The quantitative estimate of drug-likeness (QED) is 0.645. The molecule has 3 N–H and O–H groups in total. The van der Waals surface area contributed by atoms with E-state index in [4.69, 9.17) is 5.84 Å². The van der Waals surface area contributed by atoms with Crippen LogP contribution in [-0.2, 0) is 10.0 Å². The predicted molar refractivity (Wildman–Crippen MR) is 73.5 cm³/mol. The molecule has 102 valence electrons. The van der Waals surface area contributed by atoms with Gasteiger partial charge < -0.3 is 5.43 Å². The minimum Gasteiger partial charge on any atom is -0.324 e. The number of nitrogens with one attached hydrogen (secondary N) is 1. The van der Waals surface area contributed by atoms with Crippen molar-refractivity contribution in [3.8, 4) is 0 Å². The highest BCUT2D eigenvalue weighted by molar-refractivity contribution is 7.89. The number of hydrogen-bond acceptors (Lipinski definition) is 4. The van der Waals surface area contributed by atoms with E-state index in [9.17, 15) is 8.42 Å². The highest BCUT2D eigenvalue weighted by atomic mass is 32.2. The molecule has 0 radical (unpaired) electrons. The standard InChI is InChI=1S/C12H21N3O2S/c1-12(2,3)9-15(4)18(16,17)11-7-5-10(14-13)6-8-11/h5-8,14H,9,13H2,1-4H3. The van der Waals surface area contributed by atoms with Gasteiger partial charge in [-0.2, -0.15) is 0 Å². The zero-order chi connectivity index (χ0) is 14.0. The number of sulfonamides is 1. The monoisotopic (exact) mass is 271 g/mol. The van der Waals surface area contributed by atoms with E-state index >= 15 is 0 Å². The van der Waals surface area contributed by atoms with Gasteiger partial charge >= 0.3 is 0 Å². The first-order valence-electron chi connectivity index (χ1n) is 5.70. The van der Waals surface area contributed by atoms with E-state index in [0.29, 0.717) is 12.2 Å². The summed E-state index contributed by atoms with van der Waals surface area (Å²) in [6.45, 7) is 6.47. The molecule has 0 aromatic heterocycles. The van der Waals surface area contributed by atoms with Crippen LogP contribution in [0.25, 0.3) is 0 Å². The second kappa shape index (κ2) is 5.26. The molecule has 0 unspecified atom stereocenters. The summed E-state index contributed by atoms with van der Waals surface area (Å²) < 4.78 is 25.9. The average molecular weight is 271 g/mol. The number of nitrogens with zero attached hydrogens (tertiary/aromatic N) is 1. The molecule has 0 atom stereocenters. The second-order valence-electron chi connectivity index (χ2n) is 5.49. The van der Waals surface area contributed by atoms with Crippen molar-refractivity contribution in [2.45, 2.75) is 25.7 Å². The lowest BCUT2D eigenvalue weighted by Gasteiger charge is -2.26. The van der Waals surface area contributed by atoms with Crippen molar-refractivity contribution in [3.05, 3.63) is 24.3 Å². The highest BCUT2D eigenvalue weighted by Gasteiger charge is 2.24. The molecule has 0 amide bonds. The summed E-state index contributed by atoms with van der Waals surface area (Å²) >= 11 is 0. The zero-order valence-electron chi connectivity index (χ0n) is 11.3. The number of anilines is 1. The van der Waals surface area contributed by atoms with Crippen molar-refractivity contribution in [3.63, 3.8) is 0 Å². The van der Waals surface area contributed by atoms with Gasteiger partial charge in [0, 0.05) is 19.3 Å². The van der Waals surface area contributed by atoms with Gasteiger partial charge in [0.1, 0.15) is 0 Å². The molecule has 0 bridgehead atoms. The maximum absolute atomic E-state index is 12.3. The average Bonchev–Trinajstić information content (AvgIpc) is 2.27. The zero-order valence-corrected chi connectivity index (χ0v) is 12.1. The summed E-state index contributed by atoms with van der Waals surface area (Å²) in [5.74, 6) is 5.24. The lowest BCUT2D eigenvalue weighted by Crippen LogP contribution is -2.34. The summed E-state index contributed by atoms with van der Waals surface area (Å²) in [5.41, 5.74) is 3.06. The molecular weight excluding hydrogens is 250 g/mol. The van der Waals surface area contributed by atoms with Crippen molar-refractivity contribution in [1.29, 1.82) is 0 Å². The normalized spacial score (nSPS) is 12.8. The Balaban J connectivity index is 2.98. The third-order valence-electron chi connectivity index (χ3n) is 2.43. The second-order valence-corrected chi connectivity index (χ2v) is 7.54. The number of benzene rings is 1. The number of hydrogen-bond donors (Lipinski definition) is 2. The van der Waals surface area contributed by atoms with Crippen molar-refractivity contribution in [2.75, 3.05) is 19.0 Å². The molecule has 0 fully saturated rings. The van der Waals surface area contributed by atoms with E-state index in [1.807, 2.05) is 20.8 Å². The van der Waals surface area contributed by atoms with Gasteiger partial charge in [0.25, 0.3) is 0 Å². The highest BCUT2D eigenvalue weighted by Crippen LogP contribution is 2.21. The van der Waals surface area contributed by atoms with Gasteiger partial charge in [-0.25, -0.2) is 12.7 Å². The Kier molecular flexibility index (Phi) is 4.37. The molecule has 18 heavy (non-hydrogen) atoms. The number of nitrogen functional groups attached to an aromatic ring is 1. The lowest BCUT2D eigenvalue weighted by molar-refractivity contribution is 0.311. The van der Waals surface area contributed by atoms with Gasteiger partial charge in [-0.15, -0.1) is 0 Å². The Morgan fingerprint density at radius 1 is 1.22 bits per heavy atom. The first-order valence-corrected chi connectivity index (χ1v) is 7.14. The Hall–Kier alpha value is -1.11. The minimum atomic E-state index is -3.43. The van der Waals surface area contributed by atoms with E-state index in [0.717, 1.165) is 0 Å². The molecule has 0 saturated heterocycles. The molecule has 1 rings (SSSR count). The van der Waals surface area contributed by atoms with Gasteiger partial charge in [0.15, 0.2) is 0 Å². The van der Waals surface area contributed by atoms with Crippen LogP contribution >= 0.6 is 0 Å². The molecule has 1 aromatic carbocycles. The molecule has 6 heteroatoms. The summed E-state index contributed by atoms with van der Waals surface area (Å²) in [7, 11) is -1.84. The van der Waals surface area contributed by atoms with Crippen LogP contribution in [0.3, 0.4) is 0 Å². The van der Waals surface area contributed by atoms with Crippen LogP contribution in [0.15, 0.2) is 29.2 Å². The van der Waals surface area contributed by atoms with Crippen LogP contribution in [0, 0.1) is 5.41 Å². The largest absolute Gasteiger partial charge is 0.324 e. The summed E-state index contributed by atoms with van der Waals surface area (Å²) in [6, 6.07) is 6.36. The van der Waals surface area contributed by atoms with Gasteiger partial charge in [-0.05, 0) is 29.7 Å². The Labute approximate surface area is 109 Å². The number of hydrazine groups is 1. The van der Waals surface area contributed by atoms with Gasteiger partial charge in [0.05, 0.1) is 4.90 Å². The molecule has 0 spiro atoms. The predicted octanol–water partition coefficient (Wildman–Crippen LogP) is 1.64. The molecule has 5 nitrogen and oxygen atoms in total. The van der Waals surface area contributed by atoms with Crippen LogP contribution < -0.4 is 11.3 Å². The molecule has 0 aliphatic rings. The molecule has 1 aromatic rings. The van der Waals surface area contributed by atoms with Crippen LogP contribution in [0.1, 0.15) is 20.8 Å². The minimum absolute atomic E-state index is 0.0828. The number of nitrogens with two attached hydrogens (primary N) is 1. The fourth-order valence-electron chi connectivity index (χ4n) is 1.66. The van der Waals surface area contributed by atoms with E-state index in [1.54, 1.807) is 31.3 Å². The Morgan fingerprint density at radius 3 is 2.11 bits per heavy atom. The van der Waals surface area contributed by atoms with Crippen LogP contribution in [-0.4, -0.2) is 26.3 Å². The van der Waals surface area contributed by atoms with Crippen LogP contribution in [0.5, 0.6) is 0 Å². The van der Waals surface area contributed by atoms with Gasteiger partial charge in [-0.3, -0.25) is 5.84 Å². The molecule has 0 aliphatic heterocycles. The van der Waals surface area contributed by atoms with Crippen molar-refractivity contribution in [1.82, 2.24) is 4.31 Å². The fraction of sp³-hybridized carbons (Fsp3) is 0.500. The topological polar surface area (TPSA) is 75.4 Å². The SMILES string of the molecule is CN(CC(C)(C)C)S(=O)(=O)c1ccc(NN)cc1. The summed E-state index contributed by atoms with van der Waals surface area (Å²) in [5, 5.41) is 0. The summed E-state index contributed by atoms with van der Waals surface area (Å²) in [4.78, 5) is 0.272. The van der Waals surface area contributed by atoms with Crippen molar-refractivity contribution in [2.24, 2.45) is 11.3 Å². The van der Waals surface area contributed by atoms with Crippen LogP contribution in [0.2, 0.25) is 0 Å². The Morgan fingerprint density at radius 2 is 1.72 bits per heavy atom. The third-order valence-corrected chi connectivity index (χ3v) is 4.24. The summed E-state index contributed by atoms with van der Waals surface area (Å²) in [6.07, 6.45) is 0. The molecule has 0 heterocycles. The van der Waals surface area contributed by atoms with E-state index in [2.05, 4.69) is 5.43 Å². The maximum Gasteiger partial charge on any atom is 0.242 e. The van der Waals surface area contributed by atoms with E-state index in [1.165, 1.54) is 4.31 Å². The number of rotatable bonds is 4. The van der Waals surface area contributed by atoms with Crippen molar-refractivity contribution >= 4 is 15.7 Å². The fourth-order valence-corrected chi connectivity index (χ4v) is 3.05. The third kappa shape index (κ3) is 3.69. The van der Waals surface area contributed by atoms with E-state index < -0.39 is 10.0 Å². The van der Waals surface area contributed by atoms with Gasteiger partial charge in [0.2, 0.25) is 10.0 Å². The van der Waals surface area contributed by atoms with Crippen molar-refractivity contribution < 1.29 is 8.42 Å². The molecular formula is C12H21N3O2S. The first kappa shape index (κ1) is 14.9.